The van der Waals surface area contributed by atoms with Gasteiger partial charge in [0.2, 0.25) is 5.91 Å². The molecule has 0 bridgehead atoms. The second-order valence-electron chi connectivity index (χ2n) is 7.20. The van der Waals surface area contributed by atoms with E-state index < -0.39 is 9.84 Å². The lowest BCUT2D eigenvalue weighted by atomic mass is 9.98. The molecule has 5 nitrogen and oxygen atoms in total. The lowest BCUT2D eigenvalue weighted by Gasteiger charge is -2.26. The first-order valence-corrected chi connectivity index (χ1v) is 11.0. The number of aryl methyl sites for hydroxylation is 1. The topological polar surface area (TPSA) is 66.5 Å². The number of sulfone groups is 1. The van der Waals surface area contributed by atoms with Crippen LogP contribution in [0.2, 0.25) is 0 Å². The molecule has 1 N–H and O–H groups in total. The zero-order valence-corrected chi connectivity index (χ0v) is 16.6. The Morgan fingerprint density at radius 1 is 1.11 bits per heavy atom. The van der Waals surface area contributed by atoms with E-state index in [2.05, 4.69) is 29.6 Å². The third-order valence-electron chi connectivity index (χ3n) is 5.15. The van der Waals surface area contributed by atoms with Gasteiger partial charge in [0.05, 0.1) is 24.1 Å². The molecular weight excluding hydrogens is 360 g/mol. The molecule has 0 unspecified atom stereocenters. The van der Waals surface area contributed by atoms with Gasteiger partial charge in [-0.25, -0.2) is 8.42 Å². The van der Waals surface area contributed by atoms with Crippen LogP contribution in [0.1, 0.15) is 29.2 Å². The Bertz CT molecular complexity index is 879. The molecule has 1 aliphatic rings. The number of nitrogens with one attached hydrogen (secondary N) is 1. The summed E-state index contributed by atoms with van der Waals surface area (Å²) in [6.45, 7) is 2.20. The van der Waals surface area contributed by atoms with Crippen LogP contribution in [-0.2, 0) is 14.6 Å². The molecule has 0 saturated carbocycles. The lowest BCUT2D eigenvalue weighted by molar-refractivity contribution is -0.130. The van der Waals surface area contributed by atoms with Gasteiger partial charge in [0, 0.05) is 13.1 Å². The van der Waals surface area contributed by atoms with E-state index in [1.54, 1.807) is 11.9 Å². The summed E-state index contributed by atoms with van der Waals surface area (Å²) >= 11 is 0. The monoisotopic (exact) mass is 386 g/mol. The zero-order valence-electron chi connectivity index (χ0n) is 15.8. The minimum atomic E-state index is -3.01. The van der Waals surface area contributed by atoms with E-state index >= 15 is 0 Å². The largest absolute Gasteiger partial charge is 0.341 e. The standard InChI is InChI=1S/C21H26N2O3S/c1-16-8-10-18(11-9-16)21(17-6-4-3-5-7-17)22-14-20(24)23(2)19-12-13-27(25,26)15-19/h3-11,19,21-22H,12-15H2,1-2H3/t19-,21-/m1/s1. The molecular formula is C21H26N2O3S. The number of carbonyl (C=O) groups is 1. The molecule has 2 aromatic carbocycles. The predicted molar refractivity (Wildman–Crippen MR) is 107 cm³/mol. The van der Waals surface area contributed by atoms with E-state index in [9.17, 15) is 13.2 Å². The van der Waals surface area contributed by atoms with Gasteiger partial charge in [-0.3, -0.25) is 10.1 Å². The summed E-state index contributed by atoms with van der Waals surface area (Å²) in [5.41, 5.74) is 3.36. The lowest BCUT2D eigenvalue weighted by Crippen LogP contribution is -2.43. The Balaban J connectivity index is 1.71. The van der Waals surface area contributed by atoms with E-state index in [4.69, 9.17) is 0 Å². The molecule has 0 aliphatic carbocycles. The highest BCUT2D eigenvalue weighted by Gasteiger charge is 2.32. The van der Waals surface area contributed by atoms with Crippen molar-refractivity contribution in [2.75, 3.05) is 25.1 Å². The molecule has 3 rings (SSSR count). The first-order chi connectivity index (χ1) is 12.9. The SMILES string of the molecule is Cc1ccc([C@H](NCC(=O)N(C)[C@@H]2CCS(=O)(=O)C2)c2ccccc2)cc1. The minimum Gasteiger partial charge on any atom is -0.341 e. The van der Waals surface area contributed by atoms with Crippen LogP contribution in [0.25, 0.3) is 0 Å². The normalized spacial score (nSPS) is 19.6. The van der Waals surface area contributed by atoms with Gasteiger partial charge < -0.3 is 4.90 Å². The van der Waals surface area contributed by atoms with Crippen LogP contribution in [0.5, 0.6) is 0 Å². The number of rotatable bonds is 6. The fourth-order valence-electron chi connectivity index (χ4n) is 3.43. The molecule has 1 fully saturated rings. The van der Waals surface area contributed by atoms with Crippen molar-refractivity contribution < 1.29 is 13.2 Å². The molecule has 0 spiro atoms. The van der Waals surface area contributed by atoms with Crippen molar-refractivity contribution in [2.45, 2.75) is 25.4 Å². The van der Waals surface area contributed by atoms with Gasteiger partial charge in [-0.15, -0.1) is 0 Å². The summed E-state index contributed by atoms with van der Waals surface area (Å²) in [6.07, 6.45) is 0.519. The number of hydrogen-bond donors (Lipinski definition) is 1. The van der Waals surface area contributed by atoms with Gasteiger partial charge in [-0.2, -0.15) is 0 Å². The van der Waals surface area contributed by atoms with Crippen LogP contribution in [0.4, 0.5) is 0 Å². The first kappa shape index (κ1) is 19.6. The van der Waals surface area contributed by atoms with Crippen molar-refractivity contribution in [1.82, 2.24) is 10.2 Å². The third-order valence-corrected chi connectivity index (χ3v) is 6.90. The van der Waals surface area contributed by atoms with Gasteiger partial charge >= 0.3 is 0 Å². The maximum atomic E-state index is 12.6. The van der Waals surface area contributed by atoms with Crippen LogP contribution < -0.4 is 5.32 Å². The Hall–Kier alpha value is -2.18. The maximum Gasteiger partial charge on any atom is 0.236 e. The number of benzene rings is 2. The van der Waals surface area contributed by atoms with E-state index in [0.29, 0.717) is 6.42 Å². The second-order valence-corrected chi connectivity index (χ2v) is 9.43. The van der Waals surface area contributed by atoms with Crippen LogP contribution in [0.15, 0.2) is 54.6 Å². The summed E-state index contributed by atoms with van der Waals surface area (Å²) in [5.74, 6) is 0.138. The number of likely N-dealkylation sites (N-methyl/N-ethyl adjacent to an activating group) is 1. The molecule has 2 aromatic rings. The van der Waals surface area contributed by atoms with Crippen molar-refractivity contribution in [2.24, 2.45) is 0 Å². The molecule has 2 atom stereocenters. The Morgan fingerprint density at radius 2 is 1.74 bits per heavy atom. The Morgan fingerprint density at radius 3 is 2.33 bits per heavy atom. The fourth-order valence-corrected chi connectivity index (χ4v) is 5.21. The van der Waals surface area contributed by atoms with Crippen molar-refractivity contribution in [1.29, 1.82) is 0 Å². The van der Waals surface area contributed by atoms with Crippen LogP contribution >= 0.6 is 0 Å². The average Bonchev–Trinajstić information content (AvgIpc) is 3.03. The maximum absolute atomic E-state index is 12.6. The van der Waals surface area contributed by atoms with E-state index in [1.807, 2.05) is 37.3 Å². The molecule has 1 saturated heterocycles. The summed E-state index contributed by atoms with van der Waals surface area (Å²) < 4.78 is 23.4. The number of nitrogens with zero attached hydrogens (tertiary/aromatic N) is 1. The smallest absolute Gasteiger partial charge is 0.236 e. The van der Waals surface area contributed by atoms with E-state index in [1.165, 1.54) is 5.56 Å². The van der Waals surface area contributed by atoms with Crippen molar-refractivity contribution >= 4 is 15.7 Å². The number of carbonyl (C=O) groups excluding carboxylic acids is 1. The van der Waals surface area contributed by atoms with Crippen molar-refractivity contribution in [3.8, 4) is 0 Å². The first-order valence-electron chi connectivity index (χ1n) is 9.17. The summed E-state index contributed by atoms with van der Waals surface area (Å²) in [4.78, 5) is 14.2. The minimum absolute atomic E-state index is 0.0648. The highest BCUT2D eigenvalue weighted by molar-refractivity contribution is 7.91. The number of hydrogen-bond acceptors (Lipinski definition) is 4. The fraction of sp³-hybridized carbons (Fsp3) is 0.381. The van der Waals surface area contributed by atoms with Gasteiger partial charge in [0.25, 0.3) is 0 Å². The molecule has 6 heteroatoms. The van der Waals surface area contributed by atoms with Gasteiger partial charge in [0.1, 0.15) is 0 Å². The molecule has 27 heavy (non-hydrogen) atoms. The molecule has 0 radical (unpaired) electrons. The summed E-state index contributed by atoms with van der Waals surface area (Å²) in [7, 11) is -1.32. The van der Waals surface area contributed by atoms with E-state index in [0.717, 1.165) is 11.1 Å². The average molecular weight is 387 g/mol. The third kappa shape index (κ3) is 4.96. The molecule has 1 amide bonds. The van der Waals surface area contributed by atoms with Crippen molar-refractivity contribution in [3.05, 3.63) is 71.3 Å². The molecule has 0 aromatic heterocycles. The van der Waals surface area contributed by atoms with E-state index in [-0.39, 0.29) is 36.0 Å². The second kappa shape index (κ2) is 8.23. The van der Waals surface area contributed by atoms with Crippen LogP contribution in [0.3, 0.4) is 0 Å². The van der Waals surface area contributed by atoms with Gasteiger partial charge in [-0.1, -0.05) is 60.2 Å². The molecule has 144 valence electrons. The van der Waals surface area contributed by atoms with Gasteiger partial charge in [-0.05, 0) is 24.5 Å². The predicted octanol–water partition coefficient (Wildman–Crippen LogP) is 2.32. The summed E-state index contributed by atoms with van der Waals surface area (Å²) in [5, 5.41) is 3.36. The van der Waals surface area contributed by atoms with Crippen LogP contribution in [-0.4, -0.2) is 50.4 Å². The highest BCUT2D eigenvalue weighted by Crippen LogP contribution is 2.22. The Labute approximate surface area is 161 Å². The molecule has 1 heterocycles. The highest BCUT2D eigenvalue weighted by atomic mass is 32.2. The summed E-state index contributed by atoms with van der Waals surface area (Å²) in [6, 6.07) is 17.9. The quantitative estimate of drug-likeness (QED) is 0.827. The Kier molecular flexibility index (Phi) is 5.97. The van der Waals surface area contributed by atoms with Crippen molar-refractivity contribution in [3.63, 3.8) is 0 Å². The molecule has 1 aliphatic heterocycles. The zero-order chi connectivity index (χ0) is 19.4. The number of amides is 1. The van der Waals surface area contributed by atoms with Gasteiger partial charge in [0.15, 0.2) is 9.84 Å². The van der Waals surface area contributed by atoms with Crippen LogP contribution in [0, 0.1) is 6.92 Å².